The number of thioether (sulfide) groups is 1. The van der Waals surface area contributed by atoms with Crippen LogP contribution in [0.25, 0.3) is 0 Å². The Labute approximate surface area is 171 Å². The van der Waals surface area contributed by atoms with Crippen LogP contribution in [-0.2, 0) is 13.6 Å². The van der Waals surface area contributed by atoms with Gasteiger partial charge in [-0.05, 0) is 36.4 Å². The van der Waals surface area contributed by atoms with E-state index in [0.717, 1.165) is 0 Å². The van der Waals surface area contributed by atoms with Gasteiger partial charge in [-0.2, -0.15) is 0 Å². The minimum absolute atomic E-state index is 0.135. The molecule has 0 radical (unpaired) electrons. The smallest absolute Gasteiger partial charge is 0.255 e. The van der Waals surface area contributed by atoms with Gasteiger partial charge in [0.05, 0.1) is 25.0 Å². The van der Waals surface area contributed by atoms with Crippen LogP contribution >= 0.6 is 11.8 Å². The molecule has 7 nitrogen and oxygen atoms in total. The van der Waals surface area contributed by atoms with E-state index in [4.69, 9.17) is 4.74 Å². The van der Waals surface area contributed by atoms with Gasteiger partial charge in [-0.3, -0.25) is 9.59 Å². The third kappa shape index (κ3) is 5.00. The summed E-state index contributed by atoms with van der Waals surface area (Å²) in [7, 11) is 3.26. The molecule has 0 saturated carbocycles. The molecule has 3 rings (SSSR count). The number of amides is 1. The fourth-order valence-corrected chi connectivity index (χ4v) is 3.39. The molecular formula is C20H19FN4O3S. The van der Waals surface area contributed by atoms with Gasteiger partial charge in [0, 0.05) is 12.6 Å². The Bertz CT molecular complexity index is 1020. The van der Waals surface area contributed by atoms with Crippen molar-refractivity contribution in [3.63, 3.8) is 0 Å². The average Bonchev–Trinajstić information content (AvgIpc) is 3.10. The highest BCUT2D eigenvalue weighted by atomic mass is 32.2. The molecule has 0 fully saturated rings. The number of Topliss-reactive ketones (excluding diaryl/α,β-unsaturated/α-hetero) is 1. The molecule has 9 heteroatoms. The second kappa shape index (κ2) is 9.33. The van der Waals surface area contributed by atoms with E-state index < -0.39 is 0 Å². The van der Waals surface area contributed by atoms with Crippen molar-refractivity contribution in [1.82, 2.24) is 20.1 Å². The Morgan fingerprint density at radius 2 is 1.86 bits per heavy atom. The Kier molecular flexibility index (Phi) is 6.61. The molecule has 0 bridgehead atoms. The molecule has 1 aromatic heterocycles. The van der Waals surface area contributed by atoms with Crippen molar-refractivity contribution in [2.45, 2.75) is 11.7 Å². The molecule has 0 saturated heterocycles. The highest BCUT2D eigenvalue weighted by molar-refractivity contribution is 7.99. The number of nitrogens with one attached hydrogen (secondary N) is 1. The van der Waals surface area contributed by atoms with Crippen LogP contribution in [0.2, 0.25) is 0 Å². The minimum atomic E-state index is -0.387. The number of ketones is 1. The lowest BCUT2D eigenvalue weighted by Gasteiger charge is -2.09. The van der Waals surface area contributed by atoms with E-state index >= 15 is 0 Å². The number of nitrogens with zero attached hydrogens (tertiary/aromatic N) is 3. The van der Waals surface area contributed by atoms with E-state index in [9.17, 15) is 14.0 Å². The van der Waals surface area contributed by atoms with Gasteiger partial charge in [0.15, 0.2) is 16.8 Å². The first-order valence-corrected chi connectivity index (χ1v) is 9.69. The molecule has 0 aliphatic heterocycles. The Hall–Kier alpha value is -3.20. The van der Waals surface area contributed by atoms with Crippen molar-refractivity contribution in [3.05, 3.63) is 71.3 Å². The van der Waals surface area contributed by atoms with Crippen molar-refractivity contribution >= 4 is 23.5 Å². The van der Waals surface area contributed by atoms with E-state index in [1.165, 1.54) is 43.1 Å². The second-order valence-electron chi connectivity index (χ2n) is 6.06. The molecule has 0 aliphatic rings. The minimum Gasteiger partial charge on any atom is -0.496 e. The van der Waals surface area contributed by atoms with E-state index in [0.29, 0.717) is 27.9 Å². The number of carbonyl (C=O) groups excluding carboxylic acids is 2. The first-order chi connectivity index (χ1) is 14.0. The van der Waals surface area contributed by atoms with E-state index in [1.807, 2.05) is 0 Å². The van der Waals surface area contributed by atoms with Crippen molar-refractivity contribution in [2.24, 2.45) is 7.05 Å². The number of carbonyl (C=O) groups is 2. The Morgan fingerprint density at radius 3 is 2.59 bits per heavy atom. The molecule has 0 aliphatic carbocycles. The maximum absolute atomic E-state index is 13.0. The van der Waals surface area contributed by atoms with Crippen LogP contribution < -0.4 is 10.1 Å². The third-order valence-corrected chi connectivity index (χ3v) is 5.20. The van der Waals surface area contributed by atoms with Crippen molar-refractivity contribution in [3.8, 4) is 5.75 Å². The molecule has 1 amide bonds. The number of methoxy groups -OCH3 is 1. The number of hydrogen-bond acceptors (Lipinski definition) is 6. The zero-order valence-corrected chi connectivity index (χ0v) is 16.7. The van der Waals surface area contributed by atoms with Gasteiger partial charge in [-0.25, -0.2) is 4.39 Å². The molecule has 3 aromatic rings. The second-order valence-corrected chi connectivity index (χ2v) is 7.00. The molecule has 29 heavy (non-hydrogen) atoms. The highest BCUT2D eigenvalue weighted by Crippen LogP contribution is 2.19. The Balaban J connectivity index is 1.58. The van der Waals surface area contributed by atoms with Gasteiger partial charge in [0.1, 0.15) is 11.6 Å². The summed E-state index contributed by atoms with van der Waals surface area (Å²) in [4.78, 5) is 24.6. The molecule has 0 unspecified atom stereocenters. The molecule has 150 valence electrons. The standard InChI is InChI=1S/C20H19FN4O3S/c1-25-18(11-22-19(27)15-5-3-4-6-17(15)28-2)23-24-20(25)29-12-16(26)13-7-9-14(21)10-8-13/h3-10H,11-12H2,1-2H3,(H,22,27). The number of ether oxygens (including phenoxy) is 1. The summed E-state index contributed by atoms with van der Waals surface area (Å²) >= 11 is 1.23. The molecular weight excluding hydrogens is 395 g/mol. The lowest BCUT2D eigenvalue weighted by molar-refractivity contribution is 0.0945. The molecule has 1 N–H and O–H groups in total. The van der Waals surface area contributed by atoms with Crippen LogP contribution in [0.5, 0.6) is 5.75 Å². The third-order valence-electron chi connectivity index (χ3n) is 4.18. The summed E-state index contributed by atoms with van der Waals surface area (Å²) in [6, 6.07) is 12.3. The topological polar surface area (TPSA) is 86.1 Å². The largest absolute Gasteiger partial charge is 0.496 e. The fraction of sp³-hybridized carbons (Fsp3) is 0.200. The predicted octanol–water partition coefficient (Wildman–Crippen LogP) is 2.87. The lowest BCUT2D eigenvalue weighted by Crippen LogP contribution is -2.25. The van der Waals surface area contributed by atoms with Gasteiger partial charge < -0.3 is 14.6 Å². The van der Waals surface area contributed by atoms with Crippen molar-refractivity contribution in [1.29, 1.82) is 0 Å². The average molecular weight is 414 g/mol. The summed E-state index contributed by atoms with van der Waals surface area (Å²) < 4.78 is 19.9. The summed E-state index contributed by atoms with van der Waals surface area (Å²) in [5.41, 5.74) is 0.863. The van der Waals surface area contributed by atoms with Gasteiger partial charge in [0.25, 0.3) is 5.91 Å². The van der Waals surface area contributed by atoms with Crippen LogP contribution in [0.1, 0.15) is 26.5 Å². The van der Waals surface area contributed by atoms with Gasteiger partial charge in [-0.15, -0.1) is 10.2 Å². The zero-order valence-electron chi connectivity index (χ0n) is 15.9. The molecule has 0 spiro atoms. The lowest BCUT2D eigenvalue weighted by atomic mass is 10.1. The Morgan fingerprint density at radius 1 is 1.14 bits per heavy atom. The summed E-state index contributed by atoms with van der Waals surface area (Å²) in [6.07, 6.45) is 0. The monoisotopic (exact) mass is 414 g/mol. The number of aromatic nitrogens is 3. The maximum atomic E-state index is 13.0. The van der Waals surface area contributed by atoms with Crippen LogP contribution in [-0.4, -0.2) is 39.3 Å². The zero-order chi connectivity index (χ0) is 20.8. The maximum Gasteiger partial charge on any atom is 0.255 e. The number of hydrogen-bond donors (Lipinski definition) is 1. The molecule has 1 heterocycles. The summed E-state index contributed by atoms with van der Waals surface area (Å²) in [6.45, 7) is 0.173. The van der Waals surface area contributed by atoms with Crippen molar-refractivity contribution < 1.29 is 18.7 Å². The van der Waals surface area contributed by atoms with E-state index in [-0.39, 0.29) is 29.8 Å². The highest BCUT2D eigenvalue weighted by Gasteiger charge is 2.15. The van der Waals surface area contributed by atoms with Gasteiger partial charge in [0.2, 0.25) is 0 Å². The molecule has 0 atom stereocenters. The van der Waals surface area contributed by atoms with Gasteiger partial charge in [-0.1, -0.05) is 23.9 Å². The van der Waals surface area contributed by atoms with E-state index in [1.54, 1.807) is 35.9 Å². The number of halogens is 1. The first kappa shape index (κ1) is 20.5. The van der Waals surface area contributed by atoms with E-state index in [2.05, 4.69) is 15.5 Å². The number of benzene rings is 2. The fourth-order valence-electron chi connectivity index (χ4n) is 2.56. The number of para-hydroxylation sites is 1. The normalized spacial score (nSPS) is 10.6. The summed E-state index contributed by atoms with van der Waals surface area (Å²) in [5.74, 6) is 0.367. The van der Waals surface area contributed by atoms with Crippen LogP contribution in [0.15, 0.2) is 53.7 Å². The van der Waals surface area contributed by atoms with Crippen LogP contribution in [0.4, 0.5) is 4.39 Å². The van der Waals surface area contributed by atoms with Gasteiger partial charge >= 0.3 is 0 Å². The molecule has 2 aromatic carbocycles. The predicted molar refractivity (Wildman–Crippen MR) is 107 cm³/mol. The van der Waals surface area contributed by atoms with Crippen LogP contribution in [0.3, 0.4) is 0 Å². The summed E-state index contributed by atoms with van der Waals surface area (Å²) in [5, 5.41) is 11.5. The quantitative estimate of drug-likeness (QED) is 0.451. The first-order valence-electron chi connectivity index (χ1n) is 8.70. The van der Waals surface area contributed by atoms with Crippen molar-refractivity contribution in [2.75, 3.05) is 12.9 Å². The SMILES string of the molecule is COc1ccccc1C(=O)NCc1nnc(SCC(=O)c2ccc(F)cc2)n1C. The number of rotatable bonds is 8. The van der Waals surface area contributed by atoms with Crippen LogP contribution in [0, 0.1) is 5.82 Å².